The molecule has 0 aliphatic carbocycles. The molecule has 1 aliphatic rings. The van der Waals surface area contributed by atoms with E-state index in [0.29, 0.717) is 28.6 Å². The largest absolute Gasteiger partial charge is 0.497 e. The van der Waals surface area contributed by atoms with Crippen LogP contribution in [0.2, 0.25) is 0 Å². The number of benzene rings is 2. The number of para-hydroxylation sites is 2. The van der Waals surface area contributed by atoms with Crippen LogP contribution in [-0.2, 0) is 16.0 Å². The molecule has 1 heterocycles. The molecule has 3 rings (SSSR count). The van der Waals surface area contributed by atoms with Crippen LogP contribution >= 0.6 is 0 Å². The van der Waals surface area contributed by atoms with Crippen molar-refractivity contribution in [1.82, 2.24) is 10.9 Å². The van der Waals surface area contributed by atoms with Gasteiger partial charge in [-0.2, -0.15) is 0 Å². The van der Waals surface area contributed by atoms with E-state index in [1.165, 1.54) is 7.11 Å². The quantitative estimate of drug-likeness (QED) is 0.767. The number of hydrogen-bond donors (Lipinski definition) is 2. The lowest BCUT2D eigenvalue weighted by Crippen LogP contribution is -2.51. The number of fused-ring (bicyclic) bond motifs is 1. The highest BCUT2D eigenvalue weighted by molar-refractivity contribution is 5.86. The van der Waals surface area contributed by atoms with E-state index >= 15 is 0 Å². The third-order valence-electron chi connectivity index (χ3n) is 3.97. The summed E-state index contributed by atoms with van der Waals surface area (Å²) in [5.74, 6) is 1.31. The van der Waals surface area contributed by atoms with E-state index in [9.17, 15) is 9.59 Å². The van der Waals surface area contributed by atoms with Crippen molar-refractivity contribution in [2.24, 2.45) is 0 Å². The van der Waals surface area contributed by atoms with Crippen LogP contribution in [0.15, 0.2) is 42.5 Å². The van der Waals surface area contributed by atoms with Gasteiger partial charge in [-0.25, -0.2) is 0 Å². The molecule has 142 valence electrons. The van der Waals surface area contributed by atoms with Gasteiger partial charge in [-0.3, -0.25) is 20.4 Å². The highest BCUT2D eigenvalue weighted by Crippen LogP contribution is 2.30. The molecule has 0 spiro atoms. The fourth-order valence-electron chi connectivity index (χ4n) is 2.58. The Morgan fingerprint density at radius 2 is 1.85 bits per heavy atom. The first kappa shape index (κ1) is 18.4. The Kier molecular flexibility index (Phi) is 5.65. The molecule has 8 heteroatoms. The van der Waals surface area contributed by atoms with Crippen molar-refractivity contribution in [3.05, 3.63) is 48.0 Å². The lowest BCUT2D eigenvalue weighted by molar-refractivity contribution is -0.134. The van der Waals surface area contributed by atoms with Gasteiger partial charge in [0.1, 0.15) is 18.1 Å². The smallest absolute Gasteiger partial charge is 0.283 e. The predicted molar refractivity (Wildman–Crippen MR) is 95.9 cm³/mol. The molecule has 1 unspecified atom stereocenters. The fraction of sp³-hybridized carbons (Fsp3) is 0.263. The molecule has 1 atom stereocenters. The van der Waals surface area contributed by atoms with E-state index in [4.69, 9.17) is 18.9 Å². The van der Waals surface area contributed by atoms with Crippen molar-refractivity contribution in [3.8, 4) is 23.0 Å². The molecule has 0 saturated carbocycles. The van der Waals surface area contributed by atoms with Gasteiger partial charge in [-0.05, 0) is 18.2 Å². The van der Waals surface area contributed by atoms with E-state index in [2.05, 4.69) is 10.9 Å². The molecule has 0 saturated heterocycles. The molecule has 0 radical (unpaired) electrons. The van der Waals surface area contributed by atoms with Crippen LogP contribution in [0.1, 0.15) is 5.56 Å². The van der Waals surface area contributed by atoms with Gasteiger partial charge in [0.2, 0.25) is 12.0 Å². The third kappa shape index (κ3) is 4.41. The zero-order valence-electron chi connectivity index (χ0n) is 15.0. The van der Waals surface area contributed by atoms with Crippen molar-refractivity contribution in [3.63, 3.8) is 0 Å². The lowest BCUT2D eigenvalue weighted by Gasteiger charge is -2.25. The Balaban J connectivity index is 1.53. The molecule has 0 bridgehead atoms. The van der Waals surface area contributed by atoms with Crippen LogP contribution in [0.3, 0.4) is 0 Å². The van der Waals surface area contributed by atoms with Crippen molar-refractivity contribution < 1.29 is 28.5 Å². The molecule has 2 N–H and O–H groups in total. The number of carbonyl (C=O) groups excluding carboxylic acids is 2. The van der Waals surface area contributed by atoms with Gasteiger partial charge in [0.15, 0.2) is 11.5 Å². The predicted octanol–water partition coefficient (Wildman–Crippen LogP) is 1.23. The summed E-state index contributed by atoms with van der Waals surface area (Å²) in [6.07, 6.45) is -0.825. The maximum absolute atomic E-state index is 12.2. The number of hydrogen-bond acceptors (Lipinski definition) is 6. The minimum absolute atomic E-state index is 0.0261. The minimum Gasteiger partial charge on any atom is -0.497 e. The number of rotatable bonds is 5. The Morgan fingerprint density at radius 3 is 2.59 bits per heavy atom. The van der Waals surface area contributed by atoms with Gasteiger partial charge < -0.3 is 18.9 Å². The average molecular weight is 372 g/mol. The summed E-state index contributed by atoms with van der Waals surface area (Å²) in [5, 5.41) is 0. The fourth-order valence-corrected chi connectivity index (χ4v) is 2.58. The third-order valence-corrected chi connectivity index (χ3v) is 3.97. The lowest BCUT2D eigenvalue weighted by atomic mass is 10.1. The monoisotopic (exact) mass is 372 g/mol. The maximum atomic E-state index is 12.2. The Labute approximate surface area is 156 Å². The first-order chi connectivity index (χ1) is 13.1. The van der Waals surface area contributed by atoms with E-state index in [0.717, 1.165) is 0 Å². The number of nitrogens with one attached hydrogen (secondary N) is 2. The van der Waals surface area contributed by atoms with Crippen molar-refractivity contribution in [2.75, 3.05) is 20.8 Å². The Bertz CT molecular complexity index is 839. The molecule has 1 aliphatic heterocycles. The molecular formula is C19H20N2O6. The summed E-state index contributed by atoms with van der Waals surface area (Å²) in [4.78, 5) is 24.3. The zero-order chi connectivity index (χ0) is 19.2. The van der Waals surface area contributed by atoms with E-state index in [-0.39, 0.29) is 13.0 Å². The van der Waals surface area contributed by atoms with Crippen LogP contribution in [0.5, 0.6) is 23.0 Å². The molecule has 0 fully saturated rings. The summed E-state index contributed by atoms with van der Waals surface area (Å²) in [7, 11) is 3.06. The molecule has 0 aromatic heterocycles. The molecule has 2 aromatic carbocycles. The number of carbonyl (C=O) groups is 2. The van der Waals surface area contributed by atoms with Crippen molar-refractivity contribution in [2.45, 2.75) is 12.5 Å². The minimum atomic E-state index is -0.851. The van der Waals surface area contributed by atoms with Crippen LogP contribution in [0.25, 0.3) is 0 Å². The van der Waals surface area contributed by atoms with Crippen LogP contribution in [0.4, 0.5) is 0 Å². The summed E-state index contributed by atoms with van der Waals surface area (Å²) < 4.78 is 21.5. The average Bonchev–Trinajstić information content (AvgIpc) is 2.71. The van der Waals surface area contributed by atoms with Crippen LogP contribution in [-0.4, -0.2) is 38.7 Å². The first-order valence-electron chi connectivity index (χ1n) is 8.29. The van der Waals surface area contributed by atoms with Crippen molar-refractivity contribution >= 4 is 11.8 Å². The summed E-state index contributed by atoms with van der Waals surface area (Å²) in [6.45, 7) is 0.0605. The number of amides is 2. The van der Waals surface area contributed by atoms with Gasteiger partial charge >= 0.3 is 0 Å². The Hall–Kier alpha value is -3.42. The van der Waals surface area contributed by atoms with E-state index in [1.54, 1.807) is 43.5 Å². The first-order valence-corrected chi connectivity index (χ1v) is 8.29. The molecule has 8 nitrogen and oxygen atoms in total. The zero-order valence-corrected chi connectivity index (χ0v) is 15.0. The molecular weight excluding hydrogens is 352 g/mol. The topological polar surface area (TPSA) is 95.1 Å². The highest BCUT2D eigenvalue weighted by atomic mass is 16.6. The SMILES string of the molecule is COc1ccc(CC(=O)NNC(=O)C2COc3ccccc3O2)c(OC)c1. The summed E-state index contributed by atoms with van der Waals surface area (Å²) in [5.41, 5.74) is 5.39. The molecule has 2 aromatic rings. The second kappa shape index (κ2) is 8.31. The van der Waals surface area contributed by atoms with Gasteiger partial charge in [0.25, 0.3) is 5.91 Å². The van der Waals surface area contributed by atoms with E-state index < -0.39 is 17.9 Å². The van der Waals surface area contributed by atoms with Crippen molar-refractivity contribution in [1.29, 1.82) is 0 Å². The summed E-state index contributed by atoms with van der Waals surface area (Å²) >= 11 is 0. The maximum Gasteiger partial charge on any atom is 0.283 e. The van der Waals surface area contributed by atoms with Crippen LogP contribution < -0.4 is 29.8 Å². The molecule has 2 amide bonds. The van der Waals surface area contributed by atoms with Gasteiger partial charge in [0.05, 0.1) is 20.6 Å². The van der Waals surface area contributed by atoms with Crippen LogP contribution in [0, 0.1) is 0 Å². The number of methoxy groups -OCH3 is 2. The second-order valence-electron chi connectivity index (χ2n) is 5.76. The number of ether oxygens (including phenoxy) is 4. The normalized spacial score (nSPS) is 14.8. The van der Waals surface area contributed by atoms with Gasteiger partial charge in [0, 0.05) is 11.6 Å². The van der Waals surface area contributed by atoms with E-state index in [1.807, 2.05) is 6.07 Å². The Morgan fingerprint density at radius 1 is 1.07 bits per heavy atom. The summed E-state index contributed by atoms with van der Waals surface area (Å²) in [6, 6.07) is 12.2. The number of hydrazine groups is 1. The highest BCUT2D eigenvalue weighted by Gasteiger charge is 2.27. The van der Waals surface area contributed by atoms with Gasteiger partial charge in [-0.1, -0.05) is 18.2 Å². The van der Waals surface area contributed by atoms with Gasteiger partial charge in [-0.15, -0.1) is 0 Å². The standard InChI is InChI=1S/C19H20N2O6/c1-24-13-8-7-12(16(10-13)25-2)9-18(22)20-21-19(23)17-11-26-14-5-3-4-6-15(14)27-17/h3-8,10,17H,9,11H2,1-2H3,(H,20,22)(H,21,23). The molecule has 27 heavy (non-hydrogen) atoms. The second-order valence-corrected chi connectivity index (χ2v) is 5.76.